The molecule has 0 saturated carbocycles. The summed E-state index contributed by atoms with van der Waals surface area (Å²) in [7, 11) is 0. The van der Waals surface area contributed by atoms with Gasteiger partial charge in [-0.2, -0.15) is 0 Å². The fourth-order valence-electron chi connectivity index (χ4n) is 3.42. The summed E-state index contributed by atoms with van der Waals surface area (Å²) in [5.74, 6) is -2.01. The summed E-state index contributed by atoms with van der Waals surface area (Å²) in [6, 6.07) is 17.6. The Hall–Kier alpha value is -4.46. The Morgan fingerprint density at radius 2 is 1.62 bits per heavy atom. The average molecular weight is 430 g/mol. The van der Waals surface area contributed by atoms with Gasteiger partial charge in [-0.05, 0) is 61.0 Å². The molecule has 0 unspecified atom stereocenters. The third kappa shape index (κ3) is 3.93. The lowest BCUT2D eigenvalue weighted by molar-refractivity contribution is -0.139. The van der Waals surface area contributed by atoms with E-state index in [0.717, 1.165) is 4.90 Å². The molecule has 0 fully saturated rings. The number of imide groups is 1. The molecule has 0 atom stereocenters. The molecule has 1 heterocycles. The molecule has 3 aromatic rings. The maximum Gasteiger partial charge on any atom is 0.341 e. The minimum Gasteiger partial charge on any atom is -0.482 e. The van der Waals surface area contributed by atoms with Crippen LogP contribution in [0.15, 0.2) is 66.7 Å². The van der Waals surface area contributed by atoms with Crippen LogP contribution in [0.5, 0.6) is 5.75 Å². The summed E-state index contributed by atoms with van der Waals surface area (Å²) in [6.45, 7) is 1.29. The average Bonchev–Trinajstić information content (AvgIpc) is 3.04. The zero-order chi connectivity index (χ0) is 22.8. The summed E-state index contributed by atoms with van der Waals surface area (Å²) in [4.78, 5) is 49.9. The molecular weight excluding hydrogens is 412 g/mol. The van der Waals surface area contributed by atoms with E-state index in [9.17, 15) is 19.2 Å². The number of hydrogen-bond donors (Lipinski definition) is 2. The minimum absolute atomic E-state index is 0.268. The fourth-order valence-corrected chi connectivity index (χ4v) is 3.42. The highest BCUT2D eigenvalue weighted by atomic mass is 16.5. The van der Waals surface area contributed by atoms with E-state index in [2.05, 4.69) is 5.32 Å². The SMILES string of the molecule is Cc1cc(OCC(=O)O)ccc1NC(=O)c1cccc(N2C(=O)c3ccccc3C2=O)c1. The topological polar surface area (TPSA) is 113 Å². The molecule has 8 heteroatoms. The molecule has 3 amide bonds. The number of aryl methyl sites for hydroxylation is 1. The largest absolute Gasteiger partial charge is 0.482 e. The summed E-state index contributed by atoms with van der Waals surface area (Å²) in [6.07, 6.45) is 0. The van der Waals surface area contributed by atoms with Crippen molar-refractivity contribution in [2.24, 2.45) is 0 Å². The maximum absolute atomic E-state index is 12.8. The van der Waals surface area contributed by atoms with Crippen molar-refractivity contribution in [2.45, 2.75) is 6.92 Å². The molecule has 3 aromatic carbocycles. The molecule has 0 bridgehead atoms. The van der Waals surface area contributed by atoms with Gasteiger partial charge in [0.2, 0.25) is 0 Å². The normalized spacial score (nSPS) is 12.5. The number of carbonyl (C=O) groups is 4. The molecule has 8 nitrogen and oxygen atoms in total. The van der Waals surface area contributed by atoms with Crippen molar-refractivity contribution < 1.29 is 29.0 Å². The van der Waals surface area contributed by atoms with E-state index in [0.29, 0.717) is 33.8 Å². The summed E-state index contributed by atoms with van der Waals surface area (Å²) >= 11 is 0. The number of hydrogen-bond acceptors (Lipinski definition) is 5. The van der Waals surface area contributed by atoms with Gasteiger partial charge in [-0.15, -0.1) is 0 Å². The smallest absolute Gasteiger partial charge is 0.341 e. The lowest BCUT2D eigenvalue weighted by Gasteiger charge is -2.15. The molecule has 32 heavy (non-hydrogen) atoms. The molecule has 4 rings (SSSR count). The van der Waals surface area contributed by atoms with Crippen LogP contribution in [-0.2, 0) is 4.79 Å². The van der Waals surface area contributed by atoms with Gasteiger partial charge < -0.3 is 15.2 Å². The van der Waals surface area contributed by atoms with E-state index in [4.69, 9.17) is 9.84 Å². The van der Waals surface area contributed by atoms with Gasteiger partial charge in [0.25, 0.3) is 17.7 Å². The maximum atomic E-state index is 12.8. The first-order valence-corrected chi connectivity index (χ1v) is 9.69. The van der Waals surface area contributed by atoms with Crippen LogP contribution in [0.4, 0.5) is 11.4 Å². The van der Waals surface area contributed by atoms with E-state index >= 15 is 0 Å². The molecule has 0 radical (unpaired) electrons. The first-order valence-electron chi connectivity index (χ1n) is 9.69. The van der Waals surface area contributed by atoms with E-state index in [1.54, 1.807) is 67.6 Å². The van der Waals surface area contributed by atoms with Crippen molar-refractivity contribution in [3.63, 3.8) is 0 Å². The Labute approximate surface area is 183 Å². The standard InChI is InChI=1S/C24H18N2O6/c1-14-11-17(32-13-21(27)28)9-10-20(14)25-22(29)15-5-4-6-16(12-15)26-23(30)18-7-2-3-8-19(18)24(26)31/h2-12H,13H2,1H3,(H,25,29)(H,27,28). The number of nitrogens with one attached hydrogen (secondary N) is 1. The highest BCUT2D eigenvalue weighted by Gasteiger charge is 2.36. The Morgan fingerprint density at radius 1 is 0.938 bits per heavy atom. The molecule has 0 saturated heterocycles. The summed E-state index contributed by atoms with van der Waals surface area (Å²) < 4.78 is 5.13. The van der Waals surface area contributed by atoms with Gasteiger partial charge in [-0.25, -0.2) is 9.69 Å². The number of nitrogens with zero attached hydrogens (tertiary/aromatic N) is 1. The van der Waals surface area contributed by atoms with Crippen LogP contribution in [0, 0.1) is 6.92 Å². The van der Waals surface area contributed by atoms with Crippen molar-refractivity contribution in [2.75, 3.05) is 16.8 Å². The molecule has 0 spiro atoms. The van der Waals surface area contributed by atoms with Crippen LogP contribution in [0.3, 0.4) is 0 Å². The predicted octanol–water partition coefficient (Wildman–Crippen LogP) is 3.51. The van der Waals surface area contributed by atoms with E-state index in [1.807, 2.05) is 0 Å². The van der Waals surface area contributed by atoms with Crippen molar-refractivity contribution in [1.29, 1.82) is 0 Å². The molecule has 0 aromatic heterocycles. The van der Waals surface area contributed by atoms with Crippen LogP contribution in [0.1, 0.15) is 36.6 Å². The van der Waals surface area contributed by atoms with Crippen LogP contribution in [0.2, 0.25) is 0 Å². The third-order valence-corrected chi connectivity index (χ3v) is 4.97. The van der Waals surface area contributed by atoms with Crippen molar-refractivity contribution in [3.05, 3.63) is 89.0 Å². The van der Waals surface area contributed by atoms with E-state index in [1.165, 1.54) is 6.07 Å². The molecular formula is C24H18N2O6. The Bertz CT molecular complexity index is 1230. The Balaban J connectivity index is 1.53. The number of rotatable bonds is 6. The number of aliphatic carboxylic acids is 1. The number of benzene rings is 3. The van der Waals surface area contributed by atoms with Crippen molar-refractivity contribution in [1.82, 2.24) is 0 Å². The molecule has 1 aliphatic rings. The van der Waals surface area contributed by atoms with E-state index < -0.39 is 30.3 Å². The van der Waals surface area contributed by atoms with Crippen LogP contribution >= 0.6 is 0 Å². The molecule has 1 aliphatic heterocycles. The minimum atomic E-state index is -1.09. The molecule has 0 aliphatic carbocycles. The lowest BCUT2D eigenvalue weighted by atomic mass is 10.1. The van der Waals surface area contributed by atoms with Gasteiger partial charge in [0.1, 0.15) is 5.75 Å². The zero-order valence-corrected chi connectivity index (χ0v) is 17.0. The first kappa shape index (κ1) is 20.8. The second kappa shape index (κ2) is 8.35. The molecule has 160 valence electrons. The van der Waals surface area contributed by atoms with Crippen molar-refractivity contribution >= 4 is 35.1 Å². The van der Waals surface area contributed by atoms with Gasteiger partial charge in [-0.3, -0.25) is 14.4 Å². The quantitative estimate of drug-likeness (QED) is 0.579. The zero-order valence-electron chi connectivity index (χ0n) is 17.0. The van der Waals surface area contributed by atoms with Gasteiger partial charge >= 0.3 is 5.97 Å². The van der Waals surface area contributed by atoms with Crippen LogP contribution < -0.4 is 15.0 Å². The van der Waals surface area contributed by atoms with Gasteiger partial charge in [0.15, 0.2) is 6.61 Å². The number of amides is 3. The fraction of sp³-hybridized carbons (Fsp3) is 0.0833. The number of carboxylic acid groups (broad SMARTS) is 1. The number of ether oxygens (including phenoxy) is 1. The number of fused-ring (bicyclic) bond motifs is 1. The second-order valence-electron chi connectivity index (χ2n) is 7.15. The monoisotopic (exact) mass is 430 g/mol. The second-order valence-corrected chi connectivity index (χ2v) is 7.15. The molecule has 2 N–H and O–H groups in total. The lowest BCUT2D eigenvalue weighted by Crippen LogP contribution is -2.29. The summed E-state index contributed by atoms with van der Waals surface area (Å²) in [5.41, 5.74) is 2.42. The highest BCUT2D eigenvalue weighted by Crippen LogP contribution is 2.29. The number of carbonyl (C=O) groups excluding carboxylic acids is 3. The Kier molecular flexibility index (Phi) is 5.43. The van der Waals surface area contributed by atoms with Gasteiger partial charge in [0, 0.05) is 11.3 Å². The third-order valence-electron chi connectivity index (χ3n) is 4.97. The van der Waals surface area contributed by atoms with Crippen molar-refractivity contribution in [3.8, 4) is 5.75 Å². The van der Waals surface area contributed by atoms with Gasteiger partial charge in [-0.1, -0.05) is 18.2 Å². The van der Waals surface area contributed by atoms with Crippen LogP contribution in [0.25, 0.3) is 0 Å². The highest BCUT2D eigenvalue weighted by molar-refractivity contribution is 6.34. The number of anilines is 2. The predicted molar refractivity (Wildman–Crippen MR) is 116 cm³/mol. The Morgan fingerprint density at radius 3 is 2.25 bits per heavy atom. The first-order chi connectivity index (χ1) is 15.3. The summed E-state index contributed by atoms with van der Waals surface area (Å²) in [5, 5.41) is 11.5. The van der Waals surface area contributed by atoms with E-state index in [-0.39, 0.29) is 5.56 Å². The van der Waals surface area contributed by atoms with Crippen LogP contribution in [-0.4, -0.2) is 35.4 Å². The van der Waals surface area contributed by atoms with Gasteiger partial charge in [0.05, 0.1) is 16.8 Å². The number of carboxylic acids is 1.